The maximum Gasteiger partial charge on any atom is 0.119 e. The van der Waals surface area contributed by atoms with Crippen LogP contribution in [0.1, 0.15) is 122 Å². The van der Waals surface area contributed by atoms with E-state index >= 15 is 0 Å². The number of benzene rings is 1. The van der Waals surface area contributed by atoms with Crippen molar-refractivity contribution in [3.05, 3.63) is 29.8 Å². The van der Waals surface area contributed by atoms with Crippen LogP contribution in [0.25, 0.3) is 0 Å². The molecule has 0 spiro atoms. The number of ether oxygens (including phenoxy) is 1. The van der Waals surface area contributed by atoms with Crippen molar-refractivity contribution in [1.82, 2.24) is 0 Å². The molecule has 2 rings (SSSR count). The van der Waals surface area contributed by atoms with Crippen molar-refractivity contribution in [2.75, 3.05) is 6.61 Å². The van der Waals surface area contributed by atoms with Crippen LogP contribution in [0.5, 0.6) is 5.75 Å². The minimum Gasteiger partial charge on any atom is -0.494 e. The molecular weight excluding hydrogens is 378 g/mol. The highest BCUT2D eigenvalue weighted by Crippen LogP contribution is 2.47. The van der Waals surface area contributed by atoms with Gasteiger partial charge in [0.1, 0.15) is 5.75 Å². The highest BCUT2D eigenvalue weighted by molar-refractivity contribution is 5.28. The van der Waals surface area contributed by atoms with Gasteiger partial charge >= 0.3 is 0 Å². The fraction of sp³-hybridized carbons (Fsp3) is 0.759. The fourth-order valence-corrected chi connectivity index (χ4v) is 5.36. The Bertz CT molecular complexity index is 609. The first-order valence-corrected chi connectivity index (χ1v) is 13.4. The predicted molar refractivity (Wildman–Crippen MR) is 132 cm³/mol. The van der Waals surface area contributed by atoms with Crippen LogP contribution in [-0.2, 0) is 6.42 Å². The highest BCUT2D eigenvalue weighted by Gasteiger charge is 2.39. The Morgan fingerprint density at radius 3 is 2.06 bits per heavy atom. The van der Waals surface area contributed by atoms with Crippen molar-refractivity contribution in [2.24, 2.45) is 11.3 Å². The first kappa shape index (κ1) is 25.8. The monoisotopic (exact) mass is 425 g/mol. The van der Waals surface area contributed by atoms with E-state index in [0.29, 0.717) is 0 Å². The molecular formula is C29H47NO. The summed E-state index contributed by atoms with van der Waals surface area (Å²) >= 11 is 0. The zero-order valence-corrected chi connectivity index (χ0v) is 20.5. The van der Waals surface area contributed by atoms with Gasteiger partial charge in [0.05, 0.1) is 18.6 Å². The first-order valence-electron chi connectivity index (χ1n) is 13.4. The largest absolute Gasteiger partial charge is 0.494 e. The molecule has 0 aliphatic heterocycles. The van der Waals surface area contributed by atoms with Crippen LogP contribution in [0.3, 0.4) is 0 Å². The molecule has 0 radical (unpaired) electrons. The molecule has 0 saturated heterocycles. The fourth-order valence-electron chi connectivity index (χ4n) is 5.36. The third-order valence-electron chi connectivity index (χ3n) is 7.40. The van der Waals surface area contributed by atoms with E-state index in [1.54, 1.807) is 0 Å². The van der Waals surface area contributed by atoms with Crippen LogP contribution in [0.2, 0.25) is 0 Å². The van der Waals surface area contributed by atoms with Crippen molar-refractivity contribution >= 4 is 0 Å². The number of rotatable bonds is 16. The summed E-state index contributed by atoms with van der Waals surface area (Å²) in [5.74, 6) is 1.11. The summed E-state index contributed by atoms with van der Waals surface area (Å²) in [6.07, 6.45) is 21.5. The molecule has 1 aromatic carbocycles. The molecule has 0 amide bonds. The lowest BCUT2D eigenvalue weighted by atomic mass is 9.62. The third kappa shape index (κ3) is 9.26. The number of nitriles is 1. The average Bonchev–Trinajstić information content (AvgIpc) is 2.81. The van der Waals surface area contributed by atoms with Crippen molar-refractivity contribution in [3.63, 3.8) is 0 Å². The Labute approximate surface area is 192 Å². The van der Waals surface area contributed by atoms with Gasteiger partial charge in [-0.25, -0.2) is 0 Å². The van der Waals surface area contributed by atoms with Gasteiger partial charge in [0.2, 0.25) is 0 Å². The van der Waals surface area contributed by atoms with Crippen LogP contribution in [-0.4, -0.2) is 6.61 Å². The average molecular weight is 426 g/mol. The SMILES string of the molecule is CCCCCCCOc1ccc(CC(C#N)C2(CCCCCCC)CCCCC2)cc1. The van der Waals surface area contributed by atoms with Gasteiger partial charge in [0.15, 0.2) is 0 Å². The molecule has 2 nitrogen and oxygen atoms in total. The Morgan fingerprint density at radius 2 is 1.45 bits per heavy atom. The molecule has 1 atom stereocenters. The number of hydrogen-bond donors (Lipinski definition) is 0. The minimum absolute atomic E-state index is 0.143. The Hall–Kier alpha value is -1.49. The van der Waals surface area contributed by atoms with E-state index in [9.17, 15) is 5.26 Å². The standard InChI is InChI=1S/C29H47NO/c1-3-5-7-9-12-20-29(21-13-11-14-22-29)27(25-30)24-26-16-18-28(19-17-26)31-23-15-10-8-6-4-2/h16-19,27H,3-15,20-24H2,1-2H3. The Balaban J connectivity index is 1.87. The zero-order valence-electron chi connectivity index (χ0n) is 20.5. The highest BCUT2D eigenvalue weighted by atomic mass is 16.5. The summed E-state index contributed by atoms with van der Waals surface area (Å²) < 4.78 is 5.93. The molecule has 174 valence electrons. The molecule has 1 unspecified atom stereocenters. The smallest absolute Gasteiger partial charge is 0.119 e. The maximum absolute atomic E-state index is 10.1. The lowest BCUT2D eigenvalue weighted by Gasteiger charge is -2.41. The summed E-state index contributed by atoms with van der Waals surface area (Å²) in [5.41, 5.74) is 1.53. The molecule has 1 aliphatic rings. The Morgan fingerprint density at radius 1 is 0.839 bits per heavy atom. The molecule has 1 fully saturated rings. The van der Waals surface area contributed by atoms with Crippen molar-refractivity contribution < 1.29 is 4.74 Å². The van der Waals surface area contributed by atoms with E-state index in [0.717, 1.165) is 25.2 Å². The van der Waals surface area contributed by atoms with Gasteiger partial charge in [-0.15, -0.1) is 0 Å². The third-order valence-corrected chi connectivity index (χ3v) is 7.40. The summed E-state index contributed by atoms with van der Waals surface area (Å²) in [4.78, 5) is 0. The topological polar surface area (TPSA) is 33.0 Å². The molecule has 0 aromatic heterocycles. The molecule has 2 heteroatoms. The van der Waals surface area contributed by atoms with Gasteiger partial charge in [0, 0.05) is 0 Å². The summed E-state index contributed by atoms with van der Waals surface area (Å²) in [6, 6.07) is 11.3. The maximum atomic E-state index is 10.1. The van der Waals surface area contributed by atoms with Gasteiger partial charge in [-0.3, -0.25) is 0 Å². The quantitative estimate of drug-likeness (QED) is 0.247. The summed E-state index contributed by atoms with van der Waals surface area (Å²) in [6.45, 7) is 5.34. The second-order valence-corrected chi connectivity index (χ2v) is 9.88. The van der Waals surface area contributed by atoms with Crippen molar-refractivity contribution in [2.45, 2.75) is 123 Å². The number of hydrogen-bond acceptors (Lipinski definition) is 2. The number of nitrogens with zero attached hydrogens (tertiary/aromatic N) is 1. The van der Waals surface area contributed by atoms with E-state index in [4.69, 9.17) is 4.74 Å². The van der Waals surface area contributed by atoms with Crippen LogP contribution >= 0.6 is 0 Å². The van der Waals surface area contributed by atoms with E-state index in [1.807, 2.05) is 0 Å². The van der Waals surface area contributed by atoms with Gasteiger partial charge in [-0.1, -0.05) is 103 Å². The molecule has 0 N–H and O–H groups in total. The Kier molecular flexibility index (Phi) is 12.7. The van der Waals surface area contributed by atoms with Gasteiger partial charge < -0.3 is 4.74 Å². The van der Waals surface area contributed by atoms with Crippen LogP contribution < -0.4 is 4.74 Å². The summed E-state index contributed by atoms with van der Waals surface area (Å²) in [5, 5.41) is 10.1. The lowest BCUT2D eigenvalue weighted by molar-refractivity contribution is 0.110. The first-order chi connectivity index (χ1) is 15.2. The van der Waals surface area contributed by atoms with E-state index in [2.05, 4.69) is 44.2 Å². The lowest BCUT2D eigenvalue weighted by Crippen LogP contribution is -2.33. The molecule has 1 aliphatic carbocycles. The molecule has 1 saturated carbocycles. The normalized spacial score (nSPS) is 16.5. The molecule has 0 bridgehead atoms. The van der Waals surface area contributed by atoms with Crippen LogP contribution in [0, 0.1) is 22.7 Å². The zero-order chi connectivity index (χ0) is 22.2. The van der Waals surface area contributed by atoms with Gasteiger partial charge in [-0.2, -0.15) is 5.26 Å². The second-order valence-electron chi connectivity index (χ2n) is 9.88. The van der Waals surface area contributed by atoms with Crippen molar-refractivity contribution in [1.29, 1.82) is 5.26 Å². The summed E-state index contributed by atoms with van der Waals surface area (Å²) in [7, 11) is 0. The van der Waals surface area contributed by atoms with E-state index in [1.165, 1.54) is 102 Å². The molecule has 31 heavy (non-hydrogen) atoms. The predicted octanol–water partition coefficient (Wildman–Crippen LogP) is 9.03. The van der Waals surface area contributed by atoms with E-state index in [-0.39, 0.29) is 11.3 Å². The van der Waals surface area contributed by atoms with E-state index < -0.39 is 0 Å². The van der Waals surface area contributed by atoms with Gasteiger partial charge in [-0.05, 0) is 55.2 Å². The number of unbranched alkanes of at least 4 members (excludes halogenated alkanes) is 8. The van der Waals surface area contributed by atoms with Crippen LogP contribution in [0.4, 0.5) is 0 Å². The van der Waals surface area contributed by atoms with Crippen LogP contribution in [0.15, 0.2) is 24.3 Å². The minimum atomic E-state index is 0.143. The van der Waals surface area contributed by atoms with Crippen molar-refractivity contribution in [3.8, 4) is 11.8 Å². The molecule has 1 aromatic rings. The molecule has 0 heterocycles. The second kappa shape index (κ2) is 15.3. The van der Waals surface area contributed by atoms with Gasteiger partial charge in [0.25, 0.3) is 0 Å².